The minimum atomic E-state index is -0.331. The lowest BCUT2D eigenvalue weighted by atomic mass is 9.93. The summed E-state index contributed by atoms with van der Waals surface area (Å²) in [5, 5.41) is 29.5. The van der Waals surface area contributed by atoms with Crippen molar-refractivity contribution in [1.29, 1.82) is 0 Å². The largest absolute Gasteiger partial charge is 0.508 e. The molecule has 2 aromatic carbocycles. The lowest BCUT2D eigenvalue weighted by Gasteiger charge is -2.23. The van der Waals surface area contributed by atoms with Crippen LogP contribution in [0.15, 0.2) is 29.8 Å². The van der Waals surface area contributed by atoms with Gasteiger partial charge in [0.15, 0.2) is 5.78 Å². The Morgan fingerprint density at radius 2 is 1.65 bits per heavy atom. The molecule has 0 unspecified atom stereocenters. The molecule has 0 spiro atoms. The number of aromatic hydroxyl groups is 3. The number of carbonyl (C=O) groups is 1. The normalized spacial score (nSPS) is 15.4. The van der Waals surface area contributed by atoms with Crippen LogP contribution in [0.5, 0.6) is 23.0 Å². The summed E-state index contributed by atoms with van der Waals surface area (Å²) in [4.78, 5) is 12.7. The molecule has 0 amide bonds. The molecule has 1 aliphatic heterocycles. The van der Waals surface area contributed by atoms with Crippen LogP contribution in [0.4, 0.5) is 0 Å². The zero-order valence-corrected chi connectivity index (χ0v) is 12.8. The minimum Gasteiger partial charge on any atom is -0.508 e. The molecule has 1 aliphatic rings. The highest BCUT2D eigenvalue weighted by Gasteiger charge is 2.31. The Labute approximate surface area is 133 Å². The zero-order valence-electron chi connectivity index (χ0n) is 12.8. The van der Waals surface area contributed by atoms with E-state index in [1.54, 1.807) is 32.1 Å². The summed E-state index contributed by atoms with van der Waals surface area (Å²) in [6, 6.07) is 6.41. The third-order valence-corrected chi connectivity index (χ3v) is 3.99. The van der Waals surface area contributed by atoms with Crippen LogP contribution in [0.3, 0.4) is 0 Å². The van der Waals surface area contributed by atoms with E-state index in [-0.39, 0.29) is 46.5 Å². The predicted octanol–water partition coefficient (Wildman–Crippen LogP) is 3.08. The maximum absolute atomic E-state index is 12.7. The van der Waals surface area contributed by atoms with Crippen LogP contribution in [0.1, 0.15) is 27.0 Å². The minimum absolute atomic E-state index is 0.0511. The van der Waals surface area contributed by atoms with E-state index in [1.807, 2.05) is 0 Å². The molecule has 118 valence electrons. The molecule has 0 aliphatic carbocycles. The molecule has 3 rings (SSSR count). The number of ketones is 1. The van der Waals surface area contributed by atoms with Gasteiger partial charge in [-0.1, -0.05) is 12.1 Å². The van der Waals surface area contributed by atoms with Crippen molar-refractivity contribution in [3.63, 3.8) is 0 Å². The highest BCUT2D eigenvalue weighted by Crippen LogP contribution is 2.44. The molecular formula is C18H16O5. The van der Waals surface area contributed by atoms with Crippen molar-refractivity contribution < 1.29 is 24.9 Å². The van der Waals surface area contributed by atoms with E-state index < -0.39 is 0 Å². The van der Waals surface area contributed by atoms with Gasteiger partial charge in [0, 0.05) is 16.7 Å². The Morgan fingerprint density at radius 3 is 2.30 bits per heavy atom. The first-order valence-electron chi connectivity index (χ1n) is 7.12. The number of hydrogen-bond acceptors (Lipinski definition) is 5. The van der Waals surface area contributed by atoms with E-state index in [9.17, 15) is 20.1 Å². The Balaban J connectivity index is 2.09. The van der Waals surface area contributed by atoms with Gasteiger partial charge >= 0.3 is 0 Å². The summed E-state index contributed by atoms with van der Waals surface area (Å²) in [7, 11) is 0. The van der Waals surface area contributed by atoms with Gasteiger partial charge in [-0.2, -0.15) is 0 Å². The average Bonchev–Trinajstić information content (AvgIpc) is 2.54. The number of phenolic OH excluding ortho intramolecular Hbond substituents is 3. The van der Waals surface area contributed by atoms with E-state index >= 15 is 0 Å². The molecule has 0 saturated carbocycles. The topological polar surface area (TPSA) is 87.0 Å². The SMILES string of the molecule is Cc1c(O)c(C)c2c(c1O)C(=O)/C(=C\c1ccc(O)cc1)CO2. The molecule has 0 radical (unpaired) electrons. The van der Waals surface area contributed by atoms with Gasteiger partial charge in [0.1, 0.15) is 35.2 Å². The number of fused-ring (bicyclic) bond motifs is 1. The molecule has 23 heavy (non-hydrogen) atoms. The summed E-state index contributed by atoms with van der Waals surface area (Å²) < 4.78 is 5.59. The van der Waals surface area contributed by atoms with E-state index in [0.29, 0.717) is 11.1 Å². The number of phenols is 3. The van der Waals surface area contributed by atoms with Crippen molar-refractivity contribution in [1.82, 2.24) is 0 Å². The number of Topliss-reactive ketones (excluding diaryl/α,β-unsaturated/α-hetero) is 1. The summed E-state index contributed by atoms with van der Waals surface area (Å²) in [6.45, 7) is 3.24. The van der Waals surface area contributed by atoms with Crippen molar-refractivity contribution >= 4 is 11.9 Å². The second-order valence-electron chi connectivity index (χ2n) is 5.53. The van der Waals surface area contributed by atoms with Crippen molar-refractivity contribution in [2.75, 3.05) is 6.61 Å². The first-order valence-corrected chi connectivity index (χ1v) is 7.12. The van der Waals surface area contributed by atoms with Crippen LogP contribution in [0.2, 0.25) is 0 Å². The van der Waals surface area contributed by atoms with Gasteiger partial charge in [-0.05, 0) is 37.6 Å². The van der Waals surface area contributed by atoms with Crippen LogP contribution < -0.4 is 4.74 Å². The van der Waals surface area contributed by atoms with E-state index in [1.165, 1.54) is 12.1 Å². The van der Waals surface area contributed by atoms with E-state index in [0.717, 1.165) is 5.56 Å². The van der Waals surface area contributed by atoms with Crippen LogP contribution in [-0.2, 0) is 0 Å². The number of carbonyl (C=O) groups excluding carboxylic acids is 1. The quantitative estimate of drug-likeness (QED) is 0.704. The predicted molar refractivity (Wildman–Crippen MR) is 85.2 cm³/mol. The molecular weight excluding hydrogens is 296 g/mol. The fourth-order valence-electron chi connectivity index (χ4n) is 2.63. The molecule has 1 heterocycles. The highest BCUT2D eigenvalue weighted by atomic mass is 16.5. The Hall–Kier alpha value is -2.95. The van der Waals surface area contributed by atoms with Crippen LogP contribution in [0, 0.1) is 13.8 Å². The van der Waals surface area contributed by atoms with Gasteiger partial charge < -0.3 is 20.1 Å². The molecule has 5 heteroatoms. The summed E-state index contributed by atoms with van der Waals surface area (Å²) >= 11 is 0. The standard InChI is InChI=1S/C18H16O5/c1-9-15(20)10(2)18-14(16(9)21)17(22)12(8-23-18)7-11-3-5-13(19)6-4-11/h3-7,19-21H,8H2,1-2H3/b12-7-. The second-order valence-corrected chi connectivity index (χ2v) is 5.53. The molecule has 0 saturated heterocycles. The lowest BCUT2D eigenvalue weighted by Crippen LogP contribution is -2.20. The van der Waals surface area contributed by atoms with Crippen LogP contribution in [0.25, 0.3) is 6.08 Å². The molecule has 0 fully saturated rings. The zero-order chi connectivity index (χ0) is 16.7. The molecule has 0 aromatic heterocycles. The molecule has 3 N–H and O–H groups in total. The summed E-state index contributed by atoms with van der Waals surface area (Å²) in [6.07, 6.45) is 1.65. The smallest absolute Gasteiger partial charge is 0.199 e. The molecule has 5 nitrogen and oxygen atoms in total. The Kier molecular flexibility index (Phi) is 3.48. The maximum Gasteiger partial charge on any atom is 0.199 e. The maximum atomic E-state index is 12.7. The molecule has 0 atom stereocenters. The lowest BCUT2D eigenvalue weighted by molar-refractivity contribution is 0.0996. The number of rotatable bonds is 1. The molecule has 0 bridgehead atoms. The van der Waals surface area contributed by atoms with Crippen LogP contribution in [-0.4, -0.2) is 27.7 Å². The van der Waals surface area contributed by atoms with Gasteiger partial charge in [0.25, 0.3) is 0 Å². The number of hydrogen-bond donors (Lipinski definition) is 3. The Morgan fingerprint density at radius 1 is 1.00 bits per heavy atom. The second kappa shape index (κ2) is 5.35. The fraction of sp³-hybridized carbons (Fsp3) is 0.167. The van der Waals surface area contributed by atoms with Gasteiger partial charge in [0.05, 0.1) is 0 Å². The van der Waals surface area contributed by atoms with Gasteiger partial charge in [-0.3, -0.25) is 4.79 Å². The summed E-state index contributed by atoms with van der Waals surface area (Å²) in [5.41, 5.74) is 1.90. The highest BCUT2D eigenvalue weighted by molar-refractivity contribution is 6.16. The number of ether oxygens (including phenoxy) is 1. The summed E-state index contributed by atoms with van der Waals surface area (Å²) in [5.74, 6) is -0.297. The Bertz CT molecular complexity index is 832. The van der Waals surface area contributed by atoms with Gasteiger partial charge in [0.2, 0.25) is 0 Å². The van der Waals surface area contributed by atoms with Crippen molar-refractivity contribution in [2.24, 2.45) is 0 Å². The fourth-order valence-corrected chi connectivity index (χ4v) is 2.63. The van der Waals surface area contributed by atoms with Gasteiger partial charge in [-0.15, -0.1) is 0 Å². The first kappa shape index (κ1) is 15.0. The van der Waals surface area contributed by atoms with Crippen molar-refractivity contribution in [2.45, 2.75) is 13.8 Å². The van der Waals surface area contributed by atoms with Crippen molar-refractivity contribution in [3.8, 4) is 23.0 Å². The van der Waals surface area contributed by atoms with E-state index in [4.69, 9.17) is 4.74 Å². The van der Waals surface area contributed by atoms with Crippen LogP contribution >= 0.6 is 0 Å². The third-order valence-electron chi connectivity index (χ3n) is 3.99. The first-order chi connectivity index (χ1) is 10.9. The monoisotopic (exact) mass is 312 g/mol. The third kappa shape index (κ3) is 2.40. The number of benzene rings is 2. The molecule has 2 aromatic rings. The van der Waals surface area contributed by atoms with Gasteiger partial charge in [-0.25, -0.2) is 0 Å². The average molecular weight is 312 g/mol. The van der Waals surface area contributed by atoms with E-state index in [2.05, 4.69) is 0 Å². The van der Waals surface area contributed by atoms with Crippen molar-refractivity contribution in [3.05, 3.63) is 52.1 Å².